The van der Waals surface area contributed by atoms with Gasteiger partial charge in [-0.15, -0.1) is 0 Å². The van der Waals surface area contributed by atoms with Crippen molar-refractivity contribution in [3.63, 3.8) is 0 Å². The van der Waals surface area contributed by atoms with E-state index in [9.17, 15) is 5.11 Å². The maximum absolute atomic E-state index is 9.85. The van der Waals surface area contributed by atoms with Crippen LogP contribution in [0.4, 0.5) is 5.69 Å². The van der Waals surface area contributed by atoms with Crippen LogP contribution in [0.15, 0.2) is 42.5 Å². The zero-order valence-electron chi connectivity index (χ0n) is 10.9. The van der Waals surface area contributed by atoms with E-state index in [1.165, 1.54) is 5.56 Å². The second-order valence-electron chi connectivity index (χ2n) is 4.81. The molecule has 2 aromatic rings. The number of phenolic OH excluding ortho intramolecular Hbond substituents is 1. The van der Waals surface area contributed by atoms with E-state index in [4.69, 9.17) is 4.74 Å². The lowest BCUT2D eigenvalue weighted by molar-refractivity contribution is 0.415. The third kappa shape index (κ3) is 2.24. The molecule has 0 aliphatic heterocycles. The van der Waals surface area contributed by atoms with Gasteiger partial charge >= 0.3 is 0 Å². The van der Waals surface area contributed by atoms with Crippen molar-refractivity contribution < 1.29 is 9.84 Å². The van der Waals surface area contributed by atoms with Gasteiger partial charge in [-0.1, -0.05) is 18.2 Å². The molecule has 0 radical (unpaired) electrons. The smallest absolute Gasteiger partial charge is 0.120 e. The highest BCUT2D eigenvalue weighted by molar-refractivity contribution is 5.53. The molecule has 0 saturated carbocycles. The summed E-state index contributed by atoms with van der Waals surface area (Å²) in [5, 5.41) is 13.4. The lowest BCUT2D eigenvalue weighted by atomic mass is 10.1. The molecule has 0 spiro atoms. The number of nitrogens with one attached hydrogen (secondary N) is 1. The van der Waals surface area contributed by atoms with Crippen LogP contribution in [-0.2, 0) is 6.42 Å². The first-order chi connectivity index (χ1) is 9.28. The molecule has 0 aromatic heterocycles. The van der Waals surface area contributed by atoms with Crippen LogP contribution in [0.3, 0.4) is 0 Å². The molecule has 0 fully saturated rings. The Kier molecular flexibility index (Phi) is 3.03. The first-order valence-corrected chi connectivity index (χ1v) is 6.49. The first-order valence-electron chi connectivity index (χ1n) is 6.49. The number of phenols is 1. The molecule has 0 saturated heterocycles. The third-order valence-electron chi connectivity index (χ3n) is 3.66. The average molecular weight is 255 g/mol. The lowest BCUT2D eigenvalue weighted by Crippen LogP contribution is -2.06. The summed E-state index contributed by atoms with van der Waals surface area (Å²) in [6, 6.07) is 13.9. The Morgan fingerprint density at radius 2 is 2.05 bits per heavy atom. The molecule has 98 valence electrons. The molecule has 3 rings (SSSR count). The molecule has 2 N–H and O–H groups in total. The van der Waals surface area contributed by atoms with Crippen molar-refractivity contribution >= 4 is 5.69 Å². The van der Waals surface area contributed by atoms with Crippen molar-refractivity contribution in [3.8, 4) is 11.5 Å². The Morgan fingerprint density at radius 3 is 2.89 bits per heavy atom. The second-order valence-corrected chi connectivity index (χ2v) is 4.81. The van der Waals surface area contributed by atoms with Crippen LogP contribution in [0, 0.1) is 0 Å². The number of hydrogen-bond acceptors (Lipinski definition) is 3. The van der Waals surface area contributed by atoms with Gasteiger partial charge < -0.3 is 15.2 Å². The van der Waals surface area contributed by atoms with Gasteiger partial charge in [0.05, 0.1) is 13.2 Å². The van der Waals surface area contributed by atoms with Gasteiger partial charge in [-0.2, -0.15) is 0 Å². The molecule has 0 bridgehead atoms. The number of anilines is 1. The highest BCUT2D eigenvalue weighted by Crippen LogP contribution is 2.38. The predicted octanol–water partition coefficient (Wildman–Crippen LogP) is 3.50. The molecule has 2 aromatic carbocycles. The summed E-state index contributed by atoms with van der Waals surface area (Å²) in [7, 11) is 1.67. The summed E-state index contributed by atoms with van der Waals surface area (Å²) >= 11 is 0. The Labute approximate surface area is 112 Å². The maximum atomic E-state index is 9.85. The third-order valence-corrected chi connectivity index (χ3v) is 3.66. The van der Waals surface area contributed by atoms with Crippen molar-refractivity contribution in [2.45, 2.75) is 18.9 Å². The highest BCUT2D eigenvalue weighted by Gasteiger charge is 2.24. The Morgan fingerprint density at radius 1 is 1.21 bits per heavy atom. The van der Waals surface area contributed by atoms with Crippen LogP contribution >= 0.6 is 0 Å². The van der Waals surface area contributed by atoms with Crippen molar-refractivity contribution in [1.29, 1.82) is 0 Å². The molecule has 0 heterocycles. The Balaban J connectivity index is 1.84. The number of benzene rings is 2. The van der Waals surface area contributed by atoms with Crippen LogP contribution in [0.25, 0.3) is 0 Å². The number of aromatic hydroxyl groups is 1. The molecule has 1 aliphatic rings. The number of rotatable bonds is 3. The lowest BCUT2D eigenvalue weighted by Gasteiger charge is -2.16. The van der Waals surface area contributed by atoms with Gasteiger partial charge in [0, 0.05) is 11.8 Å². The standard InChI is InChI=1S/C16H17NO2/c1-19-12-5-2-4-11(10-12)17-15-9-8-14-13(15)6-3-7-16(14)18/h2-7,10,15,17-18H,8-9H2,1H3. The molecule has 3 nitrogen and oxygen atoms in total. The van der Waals surface area contributed by atoms with E-state index in [1.807, 2.05) is 30.3 Å². The van der Waals surface area contributed by atoms with E-state index in [-0.39, 0.29) is 6.04 Å². The van der Waals surface area contributed by atoms with E-state index in [2.05, 4.69) is 11.4 Å². The predicted molar refractivity (Wildman–Crippen MR) is 75.8 cm³/mol. The number of fused-ring (bicyclic) bond motifs is 1. The van der Waals surface area contributed by atoms with Crippen LogP contribution in [0.1, 0.15) is 23.6 Å². The van der Waals surface area contributed by atoms with E-state index < -0.39 is 0 Å². The van der Waals surface area contributed by atoms with E-state index in [1.54, 1.807) is 13.2 Å². The summed E-state index contributed by atoms with van der Waals surface area (Å²) < 4.78 is 5.23. The molecule has 3 heteroatoms. The maximum Gasteiger partial charge on any atom is 0.120 e. The summed E-state index contributed by atoms with van der Waals surface area (Å²) in [6.45, 7) is 0. The summed E-state index contributed by atoms with van der Waals surface area (Å²) in [4.78, 5) is 0. The number of hydrogen-bond donors (Lipinski definition) is 2. The molecule has 1 aliphatic carbocycles. The van der Waals surface area contributed by atoms with Crippen molar-refractivity contribution in [1.82, 2.24) is 0 Å². The monoisotopic (exact) mass is 255 g/mol. The molecular weight excluding hydrogens is 238 g/mol. The molecular formula is C16H17NO2. The van der Waals surface area contributed by atoms with Gasteiger partial charge in [0.15, 0.2) is 0 Å². The van der Waals surface area contributed by atoms with Gasteiger partial charge in [0.2, 0.25) is 0 Å². The van der Waals surface area contributed by atoms with Crippen molar-refractivity contribution in [2.75, 3.05) is 12.4 Å². The molecule has 1 unspecified atom stereocenters. The van der Waals surface area contributed by atoms with Gasteiger partial charge in [-0.25, -0.2) is 0 Å². The van der Waals surface area contributed by atoms with E-state index in [0.29, 0.717) is 5.75 Å². The quantitative estimate of drug-likeness (QED) is 0.882. The fourth-order valence-electron chi connectivity index (χ4n) is 2.70. The summed E-state index contributed by atoms with van der Waals surface area (Å²) in [5.74, 6) is 1.26. The molecule has 19 heavy (non-hydrogen) atoms. The topological polar surface area (TPSA) is 41.5 Å². The van der Waals surface area contributed by atoms with Crippen molar-refractivity contribution in [2.24, 2.45) is 0 Å². The van der Waals surface area contributed by atoms with Crippen LogP contribution in [-0.4, -0.2) is 12.2 Å². The van der Waals surface area contributed by atoms with Gasteiger partial charge in [0.1, 0.15) is 11.5 Å². The largest absolute Gasteiger partial charge is 0.508 e. The fraction of sp³-hybridized carbons (Fsp3) is 0.250. The molecule has 1 atom stereocenters. The van der Waals surface area contributed by atoms with E-state index >= 15 is 0 Å². The van der Waals surface area contributed by atoms with E-state index in [0.717, 1.165) is 29.8 Å². The normalized spacial score (nSPS) is 17.0. The summed E-state index contributed by atoms with van der Waals surface area (Å²) in [6.07, 6.45) is 1.92. The zero-order chi connectivity index (χ0) is 13.2. The minimum absolute atomic E-state index is 0.259. The van der Waals surface area contributed by atoms with Crippen LogP contribution < -0.4 is 10.1 Å². The molecule has 0 amide bonds. The minimum Gasteiger partial charge on any atom is -0.508 e. The van der Waals surface area contributed by atoms with Gasteiger partial charge in [-0.3, -0.25) is 0 Å². The van der Waals surface area contributed by atoms with Gasteiger partial charge in [-0.05, 0) is 42.2 Å². The highest BCUT2D eigenvalue weighted by atomic mass is 16.5. The second kappa shape index (κ2) is 4.84. The van der Waals surface area contributed by atoms with Crippen LogP contribution in [0.2, 0.25) is 0 Å². The Hall–Kier alpha value is -2.16. The first kappa shape index (κ1) is 11.9. The summed E-state index contributed by atoms with van der Waals surface area (Å²) in [5.41, 5.74) is 3.31. The number of ether oxygens (including phenoxy) is 1. The SMILES string of the molecule is COc1cccc(NC2CCc3c(O)cccc32)c1. The van der Waals surface area contributed by atoms with Crippen LogP contribution in [0.5, 0.6) is 11.5 Å². The zero-order valence-corrected chi connectivity index (χ0v) is 10.9. The van der Waals surface area contributed by atoms with Crippen molar-refractivity contribution in [3.05, 3.63) is 53.6 Å². The van der Waals surface area contributed by atoms with Gasteiger partial charge in [0.25, 0.3) is 0 Å². The Bertz CT molecular complexity index is 595. The minimum atomic E-state index is 0.259. The average Bonchev–Trinajstić information content (AvgIpc) is 2.84. The number of methoxy groups -OCH3 is 1. The fourth-order valence-corrected chi connectivity index (χ4v) is 2.70.